The second-order valence-corrected chi connectivity index (χ2v) is 7.30. The second kappa shape index (κ2) is 10.6. The van der Waals surface area contributed by atoms with Crippen molar-refractivity contribution in [1.82, 2.24) is 0 Å². The van der Waals surface area contributed by atoms with Gasteiger partial charge in [0.2, 0.25) is 0 Å². The number of hydrogen-bond donors (Lipinski definition) is 1. The molecule has 0 atom stereocenters. The summed E-state index contributed by atoms with van der Waals surface area (Å²) in [5, 5.41) is 9.35. The third kappa shape index (κ3) is 7.30. The first-order valence-electron chi connectivity index (χ1n) is 9.40. The van der Waals surface area contributed by atoms with Crippen LogP contribution in [0.2, 0.25) is 0 Å². The van der Waals surface area contributed by atoms with Crippen LogP contribution < -0.4 is 4.74 Å². The van der Waals surface area contributed by atoms with Crippen LogP contribution in [0.5, 0.6) is 11.5 Å². The molecule has 3 heteroatoms. The molecule has 146 valence electrons. The lowest BCUT2D eigenvalue weighted by Crippen LogP contribution is -2.05. The lowest BCUT2D eigenvalue weighted by Gasteiger charge is -2.10. The first-order valence-corrected chi connectivity index (χ1v) is 9.40. The monoisotopic (exact) mass is 368 g/mol. The van der Waals surface area contributed by atoms with Gasteiger partial charge in [-0.15, -0.1) is 0 Å². The van der Waals surface area contributed by atoms with Gasteiger partial charge in [0.25, 0.3) is 0 Å². The molecule has 0 unspecified atom stereocenters. The molecule has 0 radical (unpaired) electrons. The average molecular weight is 369 g/mol. The SMILES string of the molecule is C/C=C/C(=O)Oc1cc(C(C)C)ccc1C.Cc1ccc(C(C)C)cc1O. The molecule has 0 aliphatic heterocycles. The molecular formula is C24H32O3. The van der Waals surface area contributed by atoms with Crippen molar-refractivity contribution in [2.24, 2.45) is 0 Å². The highest BCUT2D eigenvalue weighted by Gasteiger charge is 2.07. The Morgan fingerprint density at radius 3 is 1.93 bits per heavy atom. The number of carbonyl (C=O) groups excluding carboxylic acids is 1. The van der Waals surface area contributed by atoms with Gasteiger partial charge in [0.15, 0.2) is 0 Å². The Hall–Kier alpha value is -2.55. The van der Waals surface area contributed by atoms with E-state index in [4.69, 9.17) is 4.74 Å². The van der Waals surface area contributed by atoms with E-state index in [2.05, 4.69) is 39.8 Å². The molecular weight excluding hydrogens is 336 g/mol. The number of aryl methyl sites for hydroxylation is 2. The molecule has 2 rings (SSSR count). The fourth-order valence-electron chi connectivity index (χ4n) is 2.35. The predicted molar refractivity (Wildman–Crippen MR) is 113 cm³/mol. The van der Waals surface area contributed by atoms with Crippen molar-refractivity contribution in [1.29, 1.82) is 0 Å². The highest BCUT2D eigenvalue weighted by Crippen LogP contribution is 2.24. The van der Waals surface area contributed by atoms with Crippen molar-refractivity contribution in [2.45, 2.75) is 60.3 Å². The molecule has 0 heterocycles. The minimum atomic E-state index is -0.327. The van der Waals surface area contributed by atoms with Crippen LogP contribution in [0.15, 0.2) is 48.6 Å². The van der Waals surface area contributed by atoms with Gasteiger partial charge in [-0.3, -0.25) is 0 Å². The Labute approximate surface area is 163 Å². The molecule has 0 spiro atoms. The van der Waals surface area contributed by atoms with Gasteiger partial charge in [-0.05, 0) is 67.0 Å². The zero-order valence-electron chi connectivity index (χ0n) is 17.5. The number of benzene rings is 2. The van der Waals surface area contributed by atoms with E-state index in [1.54, 1.807) is 13.0 Å². The molecule has 27 heavy (non-hydrogen) atoms. The Morgan fingerprint density at radius 1 is 0.926 bits per heavy atom. The normalized spacial score (nSPS) is 10.9. The molecule has 0 aliphatic carbocycles. The van der Waals surface area contributed by atoms with Gasteiger partial charge >= 0.3 is 5.97 Å². The smallest absolute Gasteiger partial charge is 0.335 e. The number of esters is 1. The van der Waals surface area contributed by atoms with Crippen LogP contribution in [0.3, 0.4) is 0 Å². The van der Waals surface area contributed by atoms with Gasteiger partial charge in [0.05, 0.1) is 0 Å². The van der Waals surface area contributed by atoms with Crippen molar-refractivity contribution in [3.63, 3.8) is 0 Å². The van der Waals surface area contributed by atoms with Crippen LogP contribution in [0.4, 0.5) is 0 Å². The summed E-state index contributed by atoms with van der Waals surface area (Å²) in [7, 11) is 0. The predicted octanol–water partition coefficient (Wildman–Crippen LogP) is 6.42. The van der Waals surface area contributed by atoms with Crippen LogP contribution in [-0.2, 0) is 4.79 Å². The van der Waals surface area contributed by atoms with Crippen LogP contribution in [-0.4, -0.2) is 11.1 Å². The highest BCUT2D eigenvalue weighted by atomic mass is 16.5. The molecule has 0 aliphatic rings. The van der Waals surface area contributed by atoms with E-state index in [0.29, 0.717) is 23.3 Å². The number of phenolic OH excluding ortho intramolecular Hbond substituents is 1. The molecule has 3 nitrogen and oxygen atoms in total. The Bertz CT molecular complexity index is 786. The Morgan fingerprint density at radius 2 is 1.44 bits per heavy atom. The summed E-state index contributed by atoms with van der Waals surface area (Å²) < 4.78 is 5.25. The third-order valence-corrected chi connectivity index (χ3v) is 4.29. The molecule has 2 aromatic rings. The van der Waals surface area contributed by atoms with E-state index >= 15 is 0 Å². The van der Waals surface area contributed by atoms with Gasteiger partial charge in [-0.1, -0.05) is 58.0 Å². The largest absolute Gasteiger partial charge is 0.508 e. The summed E-state index contributed by atoms with van der Waals surface area (Å²) >= 11 is 0. The molecule has 1 N–H and O–H groups in total. The molecule has 0 fully saturated rings. The number of aromatic hydroxyl groups is 1. The first-order chi connectivity index (χ1) is 12.6. The van der Waals surface area contributed by atoms with E-state index in [1.165, 1.54) is 17.2 Å². The van der Waals surface area contributed by atoms with Crippen LogP contribution in [0, 0.1) is 13.8 Å². The van der Waals surface area contributed by atoms with Crippen molar-refractivity contribution >= 4 is 5.97 Å². The molecule has 0 saturated carbocycles. The van der Waals surface area contributed by atoms with E-state index in [0.717, 1.165) is 11.1 Å². The topological polar surface area (TPSA) is 46.5 Å². The average Bonchev–Trinajstić information content (AvgIpc) is 2.59. The van der Waals surface area contributed by atoms with Crippen LogP contribution >= 0.6 is 0 Å². The molecule has 0 aromatic heterocycles. The fraction of sp³-hybridized carbons (Fsp3) is 0.375. The Kier molecular flexibility index (Phi) is 8.80. The van der Waals surface area contributed by atoms with Gasteiger partial charge in [-0.2, -0.15) is 0 Å². The standard InChI is InChI=1S/C14H18O2.C10H14O/c1-5-6-14(15)16-13-9-12(10(2)3)8-7-11(13)4;1-7(2)9-5-4-8(3)10(11)6-9/h5-10H,1-4H3;4-7,11H,1-3H3/b6-5+;. The number of hydrogen-bond acceptors (Lipinski definition) is 3. The van der Waals surface area contributed by atoms with Crippen molar-refractivity contribution in [3.8, 4) is 11.5 Å². The molecule has 0 bridgehead atoms. The maximum atomic E-state index is 11.3. The molecule has 0 saturated heterocycles. The van der Waals surface area contributed by atoms with Gasteiger partial charge in [-0.25, -0.2) is 4.79 Å². The van der Waals surface area contributed by atoms with E-state index in [9.17, 15) is 9.90 Å². The third-order valence-electron chi connectivity index (χ3n) is 4.29. The zero-order valence-corrected chi connectivity index (χ0v) is 17.5. The molecule has 0 amide bonds. The number of allylic oxidation sites excluding steroid dienone is 1. The lowest BCUT2D eigenvalue weighted by molar-refractivity contribution is -0.129. The minimum Gasteiger partial charge on any atom is -0.508 e. The zero-order chi connectivity index (χ0) is 20.6. The first kappa shape index (κ1) is 22.5. The number of carbonyl (C=O) groups is 1. The summed E-state index contributed by atoms with van der Waals surface area (Å²) in [6, 6.07) is 11.8. The quantitative estimate of drug-likeness (QED) is 0.384. The summed E-state index contributed by atoms with van der Waals surface area (Å²) in [5.74, 6) is 1.64. The summed E-state index contributed by atoms with van der Waals surface area (Å²) in [5.41, 5.74) is 4.28. The second-order valence-electron chi connectivity index (χ2n) is 7.30. The van der Waals surface area contributed by atoms with Crippen molar-refractivity contribution in [3.05, 3.63) is 70.8 Å². The summed E-state index contributed by atoms with van der Waals surface area (Å²) in [6.45, 7) is 14.1. The maximum Gasteiger partial charge on any atom is 0.335 e. The van der Waals surface area contributed by atoms with Gasteiger partial charge < -0.3 is 9.84 Å². The fourth-order valence-corrected chi connectivity index (χ4v) is 2.35. The maximum absolute atomic E-state index is 11.3. The van der Waals surface area contributed by atoms with E-state index in [-0.39, 0.29) is 5.97 Å². The van der Waals surface area contributed by atoms with Crippen LogP contribution in [0.1, 0.15) is 68.7 Å². The number of ether oxygens (including phenoxy) is 1. The number of phenols is 1. The van der Waals surface area contributed by atoms with E-state index in [1.807, 2.05) is 38.1 Å². The highest BCUT2D eigenvalue weighted by molar-refractivity contribution is 5.84. The van der Waals surface area contributed by atoms with Gasteiger partial charge in [0.1, 0.15) is 11.5 Å². The summed E-state index contributed by atoms with van der Waals surface area (Å²) in [6.07, 6.45) is 3.09. The van der Waals surface area contributed by atoms with Crippen LogP contribution in [0.25, 0.3) is 0 Å². The molecule has 2 aromatic carbocycles. The lowest BCUT2D eigenvalue weighted by atomic mass is 10.0. The summed E-state index contributed by atoms with van der Waals surface area (Å²) in [4.78, 5) is 11.3. The number of rotatable bonds is 4. The van der Waals surface area contributed by atoms with Crippen molar-refractivity contribution < 1.29 is 14.6 Å². The minimum absolute atomic E-state index is 0.327. The Balaban J connectivity index is 0.000000289. The van der Waals surface area contributed by atoms with E-state index < -0.39 is 0 Å². The van der Waals surface area contributed by atoms with Gasteiger partial charge in [0, 0.05) is 6.08 Å². The van der Waals surface area contributed by atoms with Crippen molar-refractivity contribution in [2.75, 3.05) is 0 Å².